The molecule has 2 fully saturated rings. The second-order valence-corrected chi connectivity index (χ2v) is 14.2. The third-order valence-corrected chi connectivity index (χ3v) is 10.5. The standard InChI is InChI=1S/C43H52N8O4/c1-4-39-37(40(48-35-12-18-55-19-13-35)38-27-47-51(5-2)41(38)49-39)26-46-43(53)33-11-7-10-32(23-33)42(52)45-25-30-21-34(24-36(22-30)54-3)31-9-6-8-29(20-31)28-50-16-14-44-15-17-50/h6-11,20-24,27,35,44H,4-5,12-19,25-26,28H2,1-3H3,(H,45,52)(H,46,53)(H,48,49). The van der Waals surface area contributed by atoms with Gasteiger partial charge in [-0.3, -0.25) is 14.5 Å². The van der Waals surface area contributed by atoms with Gasteiger partial charge in [0.15, 0.2) is 5.65 Å². The summed E-state index contributed by atoms with van der Waals surface area (Å²) >= 11 is 0. The topological polar surface area (TPSA) is 135 Å². The van der Waals surface area contributed by atoms with Gasteiger partial charge in [0.05, 0.1) is 24.4 Å². The van der Waals surface area contributed by atoms with Gasteiger partial charge in [-0.2, -0.15) is 5.10 Å². The molecule has 2 amide bonds. The fraction of sp³-hybridized carbons (Fsp3) is 0.395. The van der Waals surface area contributed by atoms with Crippen molar-refractivity contribution in [1.29, 1.82) is 0 Å². The summed E-state index contributed by atoms with van der Waals surface area (Å²) in [6.07, 6.45) is 4.36. The number of carbonyl (C=O) groups is 2. The first-order valence-electron chi connectivity index (χ1n) is 19.5. The fourth-order valence-electron chi connectivity index (χ4n) is 7.48. The summed E-state index contributed by atoms with van der Waals surface area (Å²) in [4.78, 5) is 34.6. The van der Waals surface area contributed by atoms with E-state index in [-0.39, 0.29) is 24.4 Å². The molecule has 55 heavy (non-hydrogen) atoms. The van der Waals surface area contributed by atoms with E-state index in [0.29, 0.717) is 43.9 Å². The number of nitrogens with one attached hydrogen (secondary N) is 4. The molecule has 0 bridgehead atoms. The third-order valence-electron chi connectivity index (χ3n) is 10.5. The van der Waals surface area contributed by atoms with Crippen molar-refractivity contribution in [2.75, 3.05) is 51.8 Å². The number of hydrogen-bond donors (Lipinski definition) is 4. The molecule has 7 rings (SSSR count). The van der Waals surface area contributed by atoms with Crippen molar-refractivity contribution in [2.45, 2.75) is 65.3 Å². The highest BCUT2D eigenvalue weighted by Gasteiger charge is 2.22. The number of hydrogen-bond acceptors (Lipinski definition) is 9. The lowest BCUT2D eigenvalue weighted by Crippen LogP contribution is -2.42. The number of aromatic nitrogens is 3. The predicted octanol–water partition coefficient (Wildman–Crippen LogP) is 5.55. The number of methoxy groups -OCH3 is 1. The number of aryl methyl sites for hydroxylation is 2. The van der Waals surface area contributed by atoms with Crippen LogP contribution in [0.15, 0.2) is 72.9 Å². The largest absolute Gasteiger partial charge is 0.497 e. The lowest BCUT2D eigenvalue weighted by atomic mass is 10.00. The molecule has 0 aliphatic carbocycles. The highest BCUT2D eigenvalue weighted by molar-refractivity contribution is 6.00. The van der Waals surface area contributed by atoms with Gasteiger partial charge in [0, 0.05) is 94.0 Å². The van der Waals surface area contributed by atoms with Crippen molar-refractivity contribution < 1.29 is 19.1 Å². The molecule has 5 aromatic rings. The number of piperazine rings is 1. The van der Waals surface area contributed by atoms with Crippen LogP contribution in [0.3, 0.4) is 0 Å². The van der Waals surface area contributed by atoms with Crippen molar-refractivity contribution >= 4 is 28.5 Å². The molecule has 2 aliphatic heterocycles. The molecular weight excluding hydrogens is 693 g/mol. The normalized spacial score (nSPS) is 15.2. The maximum Gasteiger partial charge on any atom is 0.251 e. The molecule has 3 aromatic carbocycles. The molecule has 2 aliphatic rings. The minimum absolute atomic E-state index is 0.251. The highest BCUT2D eigenvalue weighted by Crippen LogP contribution is 2.32. The molecule has 12 nitrogen and oxygen atoms in total. The van der Waals surface area contributed by atoms with Gasteiger partial charge in [-0.05, 0) is 90.9 Å². The number of amides is 2. The van der Waals surface area contributed by atoms with Crippen LogP contribution in [-0.2, 0) is 37.3 Å². The number of benzene rings is 3. The van der Waals surface area contributed by atoms with Crippen LogP contribution in [-0.4, -0.2) is 84.0 Å². The number of fused-ring (bicyclic) bond motifs is 1. The van der Waals surface area contributed by atoms with Crippen LogP contribution < -0.4 is 26.0 Å². The molecule has 2 saturated heterocycles. The summed E-state index contributed by atoms with van der Waals surface area (Å²) in [6, 6.07) is 21.7. The summed E-state index contributed by atoms with van der Waals surface area (Å²) in [5.41, 5.74) is 8.77. The van der Waals surface area contributed by atoms with E-state index >= 15 is 0 Å². The van der Waals surface area contributed by atoms with Gasteiger partial charge in [-0.1, -0.05) is 31.2 Å². The lowest BCUT2D eigenvalue weighted by molar-refractivity contribution is 0.0904. The number of ether oxygens (including phenoxy) is 2. The van der Waals surface area contributed by atoms with Crippen LogP contribution in [0.2, 0.25) is 0 Å². The van der Waals surface area contributed by atoms with Gasteiger partial charge in [0.1, 0.15) is 5.75 Å². The number of pyridine rings is 1. The molecule has 0 radical (unpaired) electrons. The Kier molecular flexibility index (Phi) is 12.4. The van der Waals surface area contributed by atoms with Gasteiger partial charge >= 0.3 is 0 Å². The molecule has 2 aromatic heterocycles. The summed E-state index contributed by atoms with van der Waals surface area (Å²) in [6.45, 7) is 11.9. The Balaban J connectivity index is 1.03. The third kappa shape index (κ3) is 9.16. The lowest BCUT2D eigenvalue weighted by Gasteiger charge is -2.27. The summed E-state index contributed by atoms with van der Waals surface area (Å²) in [7, 11) is 1.65. The van der Waals surface area contributed by atoms with E-state index < -0.39 is 0 Å². The average molecular weight is 745 g/mol. The Morgan fingerprint density at radius 1 is 0.891 bits per heavy atom. The first-order valence-corrected chi connectivity index (χ1v) is 19.5. The maximum absolute atomic E-state index is 13.6. The van der Waals surface area contributed by atoms with Gasteiger partial charge in [-0.25, -0.2) is 9.67 Å². The van der Waals surface area contributed by atoms with Gasteiger partial charge in [0.2, 0.25) is 0 Å². The highest BCUT2D eigenvalue weighted by atomic mass is 16.5. The van der Waals surface area contributed by atoms with E-state index in [1.54, 1.807) is 31.4 Å². The van der Waals surface area contributed by atoms with Crippen molar-refractivity contribution in [3.63, 3.8) is 0 Å². The van der Waals surface area contributed by atoms with Gasteiger partial charge in [0.25, 0.3) is 11.8 Å². The van der Waals surface area contributed by atoms with Crippen molar-refractivity contribution in [3.8, 4) is 16.9 Å². The Morgan fingerprint density at radius 3 is 2.35 bits per heavy atom. The molecule has 4 heterocycles. The first-order chi connectivity index (χ1) is 26.9. The Morgan fingerprint density at radius 2 is 1.62 bits per heavy atom. The van der Waals surface area contributed by atoms with E-state index in [2.05, 4.69) is 75.4 Å². The smallest absolute Gasteiger partial charge is 0.251 e. The van der Waals surface area contributed by atoms with Crippen molar-refractivity contribution in [1.82, 2.24) is 35.6 Å². The fourth-order valence-corrected chi connectivity index (χ4v) is 7.48. The zero-order valence-corrected chi connectivity index (χ0v) is 32.1. The van der Waals surface area contributed by atoms with Crippen LogP contribution in [0, 0.1) is 0 Å². The second-order valence-electron chi connectivity index (χ2n) is 14.2. The van der Waals surface area contributed by atoms with E-state index in [9.17, 15) is 9.59 Å². The Bertz CT molecular complexity index is 2120. The zero-order chi connectivity index (χ0) is 38.1. The minimum Gasteiger partial charge on any atom is -0.497 e. The van der Waals surface area contributed by atoms with Crippen LogP contribution in [0.25, 0.3) is 22.2 Å². The maximum atomic E-state index is 13.6. The molecule has 0 atom stereocenters. The van der Waals surface area contributed by atoms with Gasteiger partial charge < -0.3 is 30.7 Å². The predicted molar refractivity (Wildman–Crippen MR) is 215 cm³/mol. The van der Waals surface area contributed by atoms with E-state index in [0.717, 1.165) is 96.0 Å². The minimum atomic E-state index is -0.269. The Labute approximate surface area is 323 Å². The SMILES string of the molecule is CCc1nc2c(cnn2CC)c(NC2CCOCC2)c1CNC(=O)c1cccc(C(=O)NCc2cc(OC)cc(-c3cccc(CN4CCNCC4)c3)c2)c1. The molecule has 288 valence electrons. The summed E-state index contributed by atoms with van der Waals surface area (Å²) in [5.74, 6) is 0.185. The van der Waals surface area contributed by atoms with Gasteiger partial charge in [-0.15, -0.1) is 0 Å². The van der Waals surface area contributed by atoms with Crippen molar-refractivity contribution in [3.05, 3.63) is 106 Å². The van der Waals surface area contributed by atoms with E-state index in [4.69, 9.17) is 14.5 Å². The number of nitrogens with zero attached hydrogens (tertiary/aromatic N) is 4. The van der Waals surface area contributed by atoms with E-state index in [1.807, 2.05) is 23.0 Å². The number of carbonyl (C=O) groups excluding carboxylic acids is 2. The second kappa shape index (κ2) is 17.9. The molecule has 0 saturated carbocycles. The van der Waals surface area contributed by atoms with Crippen LogP contribution in [0.1, 0.15) is 69.8 Å². The van der Waals surface area contributed by atoms with Crippen LogP contribution in [0.5, 0.6) is 5.75 Å². The van der Waals surface area contributed by atoms with Crippen LogP contribution in [0.4, 0.5) is 5.69 Å². The monoisotopic (exact) mass is 744 g/mol. The molecule has 0 spiro atoms. The quantitative estimate of drug-likeness (QED) is 0.116. The first kappa shape index (κ1) is 38.0. The van der Waals surface area contributed by atoms with E-state index in [1.165, 1.54) is 5.56 Å². The number of anilines is 1. The van der Waals surface area contributed by atoms with Crippen molar-refractivity contribution in [2.24, 2.45) is 0 Å². The summed E-state index contributed by atoms with van der Waals surface area (Å²) in [5, 5.41) is 18.9. The molecule has 0 unspecified atom stereocenters. The van der Waals surface area contributed by atoms with Crippen LogP contribution >= 0.6 is 0 Å². The molecular formula is C43H52N8O4. The zero-order valence-electron chi connectivity index (χ0n) is 32.1. The number of rotatable bonds is 14. The average Bonchev–Trinajstić information content (AvgIpc) is 3.65. The Hall–Kier alpha value is -5.30. The molecule has 12 heteroatoms. The molecule has 4 N–H and O–H groups in total. The summed E-state index contributed by atoms with van der Waals surface area (Å²) < 4.78 is 13.2.